The highest BCUT2D eigenvalue weighted by Crippen LogP contribution is 2.19. The molecule has 98 valence electrons. The molecule has 0 fully saturated rings. The minimum Gasteiger partial charge on any atom is -0.481 e. The summed E-state index contributed by atoms with van der Waals surface area (Å²) in [5.74, 6) is 0.159. The van der Waals surface area contributed by atoms with Gasteiger partial charge in [0.05, 0.1) is 12.1 Å². The van der Waals surface area contributed by atoms with Crippen LogP contribution in [0.5, 0.6) is 5.75 Å². The first-order valence-corrected chi connectivity index (χ1v) is 6.32. The Bertz CT molecular complexity index is 517. The molecule has 0 N–H and O–H groups in total. The van der Waals surface area contributed by atoms with Crippen molar-refractivity contribution in [1.82, 2.24) is 4.90 Å². The Hall–Kier alpha value is -2.05. The Morgan fingerprint density at radius 2 is 2.05 bits per heavy atom. The maximum absolute atomic E-state index is 12.0. The van der Waals surface area contributed by atoms with Crippen LogP contribution in [0.15, 0.2) is 28.7 Å². The molecule has 1 aromatic carbocycles. The van der Waals surface area contributed by atoms with E-state index in [0.717, 1.165) is 9.37 Å². The minimum atomic E-state index is -0.754. The molecule has 0 saturated carbocycles. The van der Waals surface area contributed by atoms with E-state index in [4.69, 9.17) is 15.3 Å². The van der Waals surface area contributed by atoms with Gasteiger partial charge in [-0.1, -0.05) is 22.0 Å². The quantitative estimate of drug-likeness (QED) is 0.778. The van der Waals surface area contributed by atoms with Crippen molar-refractivity contribution in [3.8, 4) is 17.9 Å². The fourth-order valence-electron chi connectivity index (χ4n) is 1.43. The number of nitrogens with zero attached hydrogens (tertiary/aromatic N) is 3. The SMILES string of the molecule is C[C@H](Oc1cccc(Br)c1)C(=O)N(CC#N)CC#N. The second-order valence-corrected chi connectivity index (χ2v) is 4.64. The van der Waals surface area contributed by atoms with E-state index in [1.165, 1.54) is 0 Å². The summed E-state index contributed by atoms with van der Waals surface area (Å²) in [5.41, 5.74) is 0. The highest BCUT2D eigenvalue weighted by Gasteiger charge is 2.21. The number of carbonyl (C=O) groups is 1. The topological polar surface area (TPSA) is 77.1 Å². The molecule has 1 rings (SSSR count). The number of hydrogen-bond donors (Lipinski definition) is 0. The highest BCUT2D eigenvalue weighted by molar-refractivity contribution is 9.10. The number of benzene rings is 1. The first-order chi connectivity index (χ1) is 9.08. The van der Waals surface area contributed by atoms with Crippen LogP contribution in [-0.2, 0) is 4.79 Å². The van der Waals surface area contributed by atoms with Crippen molar-refractivity contribution >= 4 is 21.8 Å². The zero-order valence-corrected chi connectivity index (χ0v) is 11.9. The van der Waals surface area contributed by atoms with E-state index < -0.39 is 6.10 Å². The number of halogens is 1. The maximum Gasteiger partial charge on any atom is 0.265 e. The standard InChI is InChI=1S/C13H12BrN3O2/c1-10(13(18)17(7-5-15)8-6-16)19-12-4-2-3-11(14)9-12/h2-4,9-10H,7-8H2,1H3/t10-/m0/s1. The minimum absolute atomic E-state index is 0.126. The van der Waals surface area contributed by atoms with Gasteiger partial charge < -0.3 is 9.64 Å². The summed E-state index contributed by atoms with van der Waals surface area (Å²) in [5, 5.41) is 17.2. The number of hydrogen-bond acceptors (Lipinski definition) is 4. The molecule has 0 bridgehead atoms. The van der Waals surface area contributed by atoms with Crippen molar-refractivity contribution in [2.24, 2.45) is 0 Å². The number of ether oxygens (including phenoxy) is 1. The molecule has 6 heteroatoms. The third kappa shape index (κ3) is 4.61. The molecule has 0 saturated heterocycles. The second-order valence-electron chi connectivity index (χ2n) is 3.73. The van der Waals surface area contributed by atoms with Gasteiger partial charge in [0.2, 0.25) is 0 Å². The summed E-state index contributed by atoms with van der Waals surface area (Å²) >= 11 is 3.31. The van der Waals surface area contributed by atoms with E-state index in [1.807, 2.05) is 18.2 Å². The zero-order valence-electron chi connectivity index (χ0n) is 10.3. The van der Waals surface area contributed by atoms with E-state index in [2.05, 4.69) is 15.9 Å². The lowest BCUT2D eigenvalue weighted by atomic mass is 10.3. The first-order valence-electron chi connectivity index (χ1n) is 5.53. The number of nitriles is 2. The van der Waals surface area contributed by atoms with Gasteiger partial charge in [0, 0.05) is 4.47 Å². The monoisotopic (exact) mass is 321 g/mol. The first kappa shape index (κ1) is 15.0. The van der Waals surface area contributed by atoms with Crippen LogP contribution in [-0.4, -0.2) is 30.0 Å². The molecule has 0 aliphatic heterocycles. The third-order valence-corrected chi connectivity index (χ3v) is 2.78. The van der Waals surface area contributed by atoms with Crippen LogP contribution in [0, 0.1) is 22.7 Å². The molecule has 1 aromatic rings. The fraction of sp³-hybridized carbons (Fsp3) is 0.308. The van der Waals surface area contributed by atoms with Crippen molar-refractivity contribution in [2.75, 3.05) is 13.1 Å². The molecular weight excluding hydrogens is 310 g/mol. The largest absolute Gasteiger partial charge is 0.481 e. The zero-order chi connectivity index (χ0) is 14.3. The van der Waals surface area contributed by atoms with Crippen LogP contribution < -0.4 is 4.74 Å². The van der Waals surface area contributed by atoms with Gasteiger partial charge in [0.25, 0.3) is 5.91 Å². The number of rotatable bonds is 5. The normalized spacial score (nSPS) is 10.9. The Labute approximate surface area is 120 Å². The third-order valence-electron chi connectivity index (χ3n) is 2.29. The van der Waals surface area contributed by atoms with Gasteiger partial charge in [-0.15, -0.1) is 0 Å². The van der Waals surface area contributed by atoms with Crippen molar-refractivity contribution in [3.05, 3.63) is 28.7 Å². The predicted octanol–water partition coefficient (Wildman–Crippen LogP) is 2.09. The van der Waals surface area contributed by atoms with Gasteiger partial charge in [0.1, 0.15) is 18.8 Å². The lowest BCUT2D eigenvalue weighted by Gasteiger charge is -2.21. The van der Waals surface area contributed by atoms with Crippen LogP contribution >= 0.6 is 15.9 Å². The summed E-state index contributed by atoms with van der Waals surface area (Å²) in [6, 6.07) is 10.8. The summed E-state index contributed by atoms with van der Waals surface area (Å²) in [7, 11) is 0. The molecule has 0 heterocycles. The molecule has 1 atom stereocenters. The summed E-state index contributed by atoms with van der Waals surface area (Å²) in [6.45, 7) is 1.34. The Morgan fingerprint density at radius 3 is 2.58 bits per heavy atom. The smallest absolute Gasteiger partial charge is 0.265 e. The van der Waals surface area contributed by atoms with Crippen LogP contribution in [0.1, 0.15) is 6.92 Å². The summed E-state index contributed by atoms with van der Waals surface area (Å²) in [4.78, 5) is 13.2. The highest BCUT2D eigenvalue weighted by atomic mass is 79.9. The number of amides is 1. The molecule has 5 nitrogen and oxygen atoms in total. The Kier molecular flexibility index (Phi) is 5.84. The fourth-order valence-corrected chi connectivity index (χ4v) is 1.81. The van der Waals surface area contributed by atoms with Gasteiger partial charge in [-0.05, 0) is 25.1 Å². The predicted molar refractivity (Wildman–Crippen MR) is 72.0 cm³/mol. The van der Waals surface area contributed by atoms with E-state index in [0.29, 0.717) is 5.75 Å². The molecule has 0 unspecified atom stereocenters. The molecule has 0 spiro atoms. The van der Waals surface area contributed by atoms with Gasteiger partial charge >= 0.3 is 0 Å². The summed E-state index contributed by atoms with van der Waals surface area (Å²) in [6.07, 6.45) is -0.754. The molecule has 0 aromatic heterocycles. The average molecular weight is 322 g/mol. The molecular formula is C13H12BrN3O2. The summed E-state index contributed by atoms with van der Waals surface area (Å²) < 4.78 is 6.33. The van der Waals surface area contributed by atoms with Crippen LogP contribution in [0.3, 0.4) is 0 Å². The van der Waals surface area contributed by atoms with Crippen molar-refractivity contribution in [1.29, 1.82) is 10.5 Å². The lowest BCUT2D eigenvalue weighted by molar-refractivity contribution is -0.136. The molecule has 0 aliphatic carbocycles. The van der Waals surface area contributed by atoms with Crippen LogP contribution in [0.2, 0.25) is 0 Å². The van der Waals surface area contributed by atoms with Crippen molar-refractivity contribution < 1.29 is 9.53 Å². The second kappa shape index (κ2) is 7.40. The van der Waals surface area contributed by atoms with Crippen LogP contribution in [0.4, 0.5) is 0 Å². The van der Waals surface area contributed by atoms with Crippen LogP contribution in [0.25, 0.3) is 0 Å². The van der Waals surface area contributed by atoms with E-state index in [9.17, 15) is 4.79 Å². The van der Waals surface area contributed by atoms with E-state index in [-0.39, 0.29) is 19.0 Å². The average Bonchev–Trinajstić information content (AvgIpc) is 2.37. The number of carbonyl (C=O) groups excluding carboxylic acids is 1. The molecule has 1 amide bonds. The van der Waals surface area contributed by atoms with Gasteiger partial charge in [-0.2, -0.15) is 10.5 Å². The lowest BCUT2D eigenvalue weighted by Crippen LogP contribution is -2.40. The van der Waals surface area contributed by atoms with E-state index >= 15 is 0 Å². The van der Waals surface area contributed by atoms with Crippen molar-refractivity contribution in [2.45, 2.75) is 13.0 Å². The molecule has 19 heavy (non-hydrogen) atoms. The molecule has 0 radical (unpaired) electrons. The maximum atomic E-state index is 12.0. The van der Waals surface area contributed by atoms with Gasteiger partial charge in [0.15, 0.2) is 6.10 Å². The molecule has 0 aliphatic rings. The van der Waals surface area contributed by atoms with Crippen molar-refractivity contribution in [3.63, 3.8) is 0 Å². The Morgan fingerprint density at radius 1 is 1.42 bits per heavy atom. The van der Waals surface area contributed by atoms with Gasteiger partial charge in [-0.3, -0.25) is 4.79 Å². The Balaban J connectivity index is 2.71. The van der Waals surface area contributed by atoms with E-state index in [1.54, 1.807) is 25.1 Å². The van der Waals surface area contributed by atoms with Gasteiger partial charge in [-0.25, -0.2) is 0 Å².